The maximum atomic E-state index is 13.6. The van der Waals surface area contributed by atoms with Crippen LogP contribution in [-0.2, 0) is 11.3 Å². The molecule has 1 atom stereocenters. The van der Waals surface area contributed by atoms with Crippen molar-refractivity contribution in [2.45, 2.75) is 64.1 Å². The summed E-state index contributed by atoms with van der Waals surface area (Å²) in [4.78, 5) is 17.4. The fourth-order valence-corrected chi connectivity index (χ4v) is 4.70. The Balaban J connectivity index is 1.26. The molecule has 27 heavy (non-hydrogen) atoms. The number of rotatable bonds is 5. The van der Waals surface area contributed by atoms with Crippen LogP contribution < -0.4 is 5.32 Å². The summed E-state index contributed by atoms with van der Waals surface area (Å²) >= 11 is 0. The van der Waals surface area contributed by atoms with E-state index in [1.807, 2.05) is 6.92 Å². The highest BCUT2D eigenvalue weighted by atomic mass is 19.1. The minimum Gasteiger partial charge on any atom is -0.353 e. The number of carbonyl (C=O) groups is 1. The topological polar surface area (TPSA) is 35.6 Å². The summed E-state index contributed by atoms with van der Waals surface area (Å²) in [6.45, 7) is 6.93. The second-order valence-electron chi connectivity index (χ2n) is 8.76. The molecule has 0 aromatic heterocycles. The van der Waals surface area contributed by atoms with Gasteiger partial charge < -0.3 is 5.32 Å². The zero-order valence-corrected chi connectivity index (χ0v) is 16.4. The lowest BCUT2D eigenvalue weighted by Gasteiger charge is -2.42. The molecule has 2 aliphatic heterocycles. The number of piperidine rings is 2. The molecule has 148 valence electrons. The van der Waals surface area contributed by atoms with Crippen LogP contribution in [0.5, 0.6) is 0 Å². The number of likely N-dealkylation sites (tertiary alicyclic amines) is 2. The van der Waals surface area contributed by atoms with Crippen molar-refractivity contribution in [3.05, 3.63) is 35.1 Å². The van der Waals surface area contributed by atoms with Gasteiger partial charge in [0.25, 0.3) is 0 Å². The van der Waals surface area contributed by atoms with Crippen LogP contribution in [0.25, 0.3) is 0 Å². The number of benzene rings is 1. The highest BCUT2D eigenvalue weighted by molar-refractivity contribution is 5.79. The largest absolute Gasteiger partial charge is 0.353 e. The second-order valence-corrected chi connectivity index (χ2v) is 8.76. The molecule has 0 radical (unpaired) electrons. The molecular weight excluding hydrogens is 341 g/mol. The Bertz CT molecular complexity index is 647. The lowest BCUT2D eigenvalue weighted by atomic mass is 9.93. The monoisotopic (exact) mass is 373 g/mol. The van der Waals surface area contributed by atoms with Crippen molar-refractivity contribution in [2.75, 3.05) is 26.2 Å². The van der Waals surface area contributed by atoms with Crippen LogP contribution >= 0.6 is 0 Å². The maximum Gasteiger partial charge on any atom is 0.224 e. The molecule has 1 amide bonds. The van der Waals surface area contributed by atoms with Crippen LogP contribution in [0.15, 0.2) is 18.2 Å². The van der Waals surface area contributed by atoms with E-state index in [1.165, 1.54) is 0 Å². The molecule has 0 spiro atoms. The summed E-state index contributed by atoms with van der Waals surface area (Å²) < 4.78 is 13.6. The second kappa shape index (κ2) is 8.27. The molecule has 1 aromatic rings. The average Bonchev–Trinajstić information content (AvgIpc) is 3.45. The number of halogens is 1. The van der Waals surface area contributed by atoms with Gasteiger partial charge in [-0.25, -0.2) is 4.39 Å². The SMILES string of the molecule is Cc1cc(F)cc(CN2CCC(N3CCC[C@H](C(=O)NC4CC4)C3)CC2)c1. The van der Waals surface area contributed by atoms with Crippen LogP contribution in [0.4, 0.5) is 4.39 Å². The molecule has 0 bridgehead atoms. The molecule has 2 heterocycles. The highest BCUT2D eigenvalue weighted by Gasteiger charge is 2.33. The summed E-state index contributed by atoms with van der Waals surface area (Å²) in [6.07, 6.45) is 6.77. The van der Waals surface area contributed by atoms with Gasteiger partial charge in [0.05, 0.1) is 5.92 Å². The molecule has 4 nitrogen and oxygen atoms in total. The quantitative estimate of drug-likeness (QED) is 0.862. The molecule has 1 N–H and O–H groups in total. The van der Waals surface area contributed by atoms with E-state index in [4.69, 9.17) is 0 Å². The third-order valence-electron chi connectivity index (χ3n) is 6.33. The van der Waals surface area contributed by atoms with E-state index in [2.05, 4.69) is 21.2 Å². The molecule has 3 fully saturated rings. The summed E-state index contributed by atoms with van der Waals surface area (Å²) in [5, 5.41) is 3.19. The minimum absolute atomic E-state index is 0.135. The van der Waals surface area contributed by atoms with Crippen molar-refractivity contribution in [1.82, 2.24) is 15.1 Å². The molecule has 4 rings (SSSR count). The number of hydrogen-bond donors (Lipinski definition) is 1. The van der Waals surface area contributed by atoms with Gasteiger partial charge in [-0.05, 0) is 88.3 Å². The Morgan fingerprint density at radius 3 is 2.59 bits per heavy atom. The van der Waals surface area contributed by atoms with Gasteiger partial charge in [-0.1, -0.05) is 6.07 Å². The number of carbonyl (C=O) groups excluding carboxylic acids is 1. The fraction of sp³-hybridized carbons (Fsp3) is 0.682. The number of hydrogen-bond acceptors (Lipinski definition) is 3. The van der Waals surface area contributed by atoms with Gasteiger partial charge in [-0.15, -0.1) is 0 Å². The van der Waals surface area contributed by atoms with E-state index in [0.29, 0.717) is 12.1 Å². The summed E-state index contributed by atoms with van der Waals surface area (Å²) in [6, 6.07) is 6.38. The maximum absolute atomic E-state index is 13.6. The van der Waals surface area contributed by atoms with E-state index in [0.717, 1.165) is 82.4 Å². The Morgan fingerprint density at radius 1 is 1.11 bits per heavy atom. The fourth-order valence-electron chi connectivity index (χ4n) is 4.70. The van der Waals surface area contributed by atoms with Crippen LogP contribution in [0.2, 0.25) is 0 Å². The van der Waals surface area contributed by atoms with E-state index in [-0.39, 0.29) is 17.6 Å². The summed E-state index contributed by atoms with van der Waals surface area (Å²) in [5.41, 5.74) is 2.06. The van der Waals surface area contributed by atoms with Gasteiger partial charge in [0.1, 0.15) is 5.82 Å². The highest BCUT2D eigenvalue weighted by Crippen LogP contribution is 2.26. The smallest absolute Gasteiger partial charge is 0.224 e. The normalized spacial score (nSPS) is 25.5. The Morgan fingerprint density at radius 2 is 1.89 bits per heavy atom. The first kappa shape index (κ1) is 18.9. The molecule has 1 saturated carbocycles. The van der Waals surface area contributed by atoms with E-state index < -0.39 is 0 Å². The van der Waals surface area contributed by atoms with Gasteiger partial charge in [-0.2, -0.15) is 0 Å². The van der Waals surface area contributed by atoms with E-state index in [1.54, 1.807) is 12.1 Å². The van der Waals surface area contributed by atoms with Crippen LogP contribution in [0, 0.1) is 18.7 Å². The van der Waals surface area contributed by atoms with Gasteiger partial charge >= 0.3 is 0 Å². The predicted molar refractivity (Wildman–Crippen MR) is 105 cm³/mol. The Kier molecular flexibility index (Phi) is 5.79. The number of amides is 1. The molecule has 5 heteroatoms. The molecule has 2 saturated heterocycles. The standard InChI is InChI=1S/C22H32FN3O/c1-16-11-17(13-19(23)12-16)14-25-9-6-21(7-10-25)26-8-2-3-18(15-26)22(27)24-20-4-5-20/h11-13,18,20-21H,2-10,14-15H2,1H3,(H,24,27)/t18-/m0/s1. The lowest BCUT2D eigenvalue weighted by molar-refractivity contribution is -0.127. The summed E-state index contributed by atoms with van der Waals surface area (Å²) in [5.74, 6) is 0.317. The van der Waals surface area contributed by atoms with Crippen molar-refractivity contribution >= 4 is 5.91 Å². The molecule has 3 aliphatic rings. The van der Waals surface area contributed by atoms with Crippen LogP contribution in [0.3, 0.4) is 0 Å². The van der Waals surface area contributed by atoms with Crippen molar-refractivity contribution in [3.63, 3.8) is 0 Å². The molecule has 0 unspecified atom stereocenters. The van der Waals surface area contributed by atoms with Crippen molar-refractivity contribution in [2.24, 2.45) is 5.92 Å². The first-order chi connectivity index (χ1) is 13.1. The van der Waals surface area contributed by atoms with E-state index in [9.17, 15) is 9.18 Å². The molecule has 1 aliphatic carbocycles. The van der Waals surface area contributed by atoms with Gasteiger partial charge in [-0.3, -0.25) is 14.6 Å². The average molecular weight is 374 g/mol. The number of aryl methyl sites for hydroxylation is 1. The van der Waals surface area contributed by atoms with Crippen molar-refractivity contribution < 1.29 is 9.18 Å². The van der Waals surface area contributed by atoms with Crippen molar-refractivity contribution in [3.8, 4) is 0 Å². The van der Waals surface area contributed by atoms with E-state index >= 15 is 0 Å². The van der Waals surface area contributed by atoms with Crippen LogP contribution in [0.1, 0.15) is 49.7 Å². The van der Waals surface area contributed by atoms with Gasteiger partial charge in [0, 0.05) is 25.2 Å². The Labute approximate surface area is 162 Å². The van der Waals surface area contributed by atoms with Gasteiger partial charge in [0.2, 0.25) is 5.91 Å². The van der Waals surface area contributed by atoms with Gasteiger partial charge in [0.15, 0.2) is 0 Å². The minimum atomic E-state index is -0.135. The first-order valence-corrected chi connectivity index (χ1v) is 10.6. The predicted octanol–water partition coefficient (Wildman–Crippen LogP) is 3.09. The molecular formula is C22H32FN3O. The summed E-state index contributed by atoms with van der Waals surface area (Å²) in [7, 11) is 0. The Hall–Kier alpha value is -1.46. The zero-order chi connectivity index (χ0) is 18.8. The number of nitrogens with one attached hydrogen (secondary N) is 1. The third-order valence-corrected chi connectivity index (χ3v) is 6.33. The number of nitrogens with zero attached hydrogens (tertiary/aromatic N) is 2. The third kappa shape index (κ3) is 5.08. The molecule has 1 aromatic carbocycles. The zero-order valence-electron chi connectivity index (χ0n) is 16.4. The first-order valence-electron chi connectivity index (χ1n) is 10.6. The van der Waals surface area contributed by atoms with Crippen LogP contribution in [-0.4, -0.2) is 54.0 Å². The lowest BCUT2D eigenvalue weighted by Crippen LogP contribution is -2.50. The van der Waals surface area contributed by atoms with Crippen molar-refractivity contribution in [1.29, 1.82) is 0 Å².